The summed E-state index contributed by atoms with van der Waals surface area (Å²) in [5.74, 6) is 4.41. The van der Waals surface area contributed by atoms with Gasteiger partial charge < -0.3 is 5.32 Å². The first-order chi connectivity index (χ1) is 14.0. The van der Waals surface area contributed by atoms with Crippen molar-refractivity contribution in [1.29, 1.82) is 0 Å². The number of carbonyl (C=O) groups excluding carboxylic acids is 1. The summed E-state index contributed by atoms with van der Waals surface area (Å²) in [7, 11) is -3.81. The molecule has 0 aromatic heterocycles. The van der Waals surface area contributed by atoms with Crippen molar-refractivity contribution in [2.24, 2.45) is 0 Å². The van der Waals surface area contributed by atoms with Gasteiger partial charge in [0.25, 0.3) is 0 Å². The summed E-state index contributed by atoms with van der Waals surface area (Å²) in [6.07, 6.45) is -3.06. The van der Waals surface area contributed by atoms with Crippen LogP contribution in [0.2, 0.25) is 0 Å². The Morgan fingerprint density at radius 1 is 1.13 bits per heavy atom. The smallest absolute Gasteiger partial charge is 0.344 e. The summed E-state index contributed by atoms with van der Waals surface area (Å²) in [6.45, 7) is 1.27. The van der Waals surface area contributed by atoms with Gasteiger partial charge in [-0.1, -0.05) is 47.7 Å². The van der Waals surface area contributed by atoms with E-state index in [1.807, 2.05) is 19.1 Å². The van der Waals surface area contributed by atoms with Crippen LogP contribution in [-0.4, -0.2) is 27.4 Å². The maximum atomic E-state index is 12.6. The van der Waals surface area contributed by atoms with E-state index in [2.05, 4.69) is 21.9 Å². The summed E-state index contributed by atoms with van der Waals surface area (Å²) >= 11 is 0. The van der Waals surface area contributed by atoms with Crippen molar-refractivity contribution in [3.8, 4) is 11.8 Å². The highest BCUT2D eigenvalue weighted by Crippen LogP contribution is 2.29. The van der Waals surface area contributed by atoms with E-state index in [0.29, 0.717) is 5.56 Å². The predicted molar refractivity (Wildman–Crippen MR) is 108 cm³/mol. The molecule has 0 unspecified atom stereocenters. The van der Waals surface area contributed by atoms with Gasteiger partial charge in [-0.3, -0.25) is 4.79 Å². The van der Waals surface area contributed by atoms with E-state index in [1.165, 1.54) is 18.2 Å². The molecule has 30 heavy (non-hydrogen) atoms. The molecule has 0 spiro atoms. The maximum Gasteiger partial charge on any atom is 0.416 e. The molecular weight excluding hydrogens is 417 g/mol. The van der Waals surface area contributed by atoms with Crippen molar-refractivity contribution >= 4 is 22.0 Å². The molecule has 158 valence electrons. The number of rotatable bonds is 6. The zero-order valence-corrected chi connectivity index (χ0v) is 16.8. The fraction of sp³-hybridized carbons (Fsp3) is 0.190. The van der Waals surface area contributed by atoms with Crippen LogP contribution >= 0.6 is 0 Å². The molecular formula is C21H19F3N2O3S. The molecule has 0 saturated heterocycles. The monoisotopic (exact) mass is 436 g/mol. The van der Waals surface area contributed by atoms with Crippen LogP contribution in [0, 0.1) is 18.8 Å². The lowest BCUT2D eigenvalue weighted by molar-refractivity contribution is -0.137. The van der Waals surface area contributed by atoms with Gasteiger partial charge in [0.05, 0.1) is 18.7 Å². The van der Waals surface area contributed by atoms with Crippen molar-refractivity contribution < 1.29 is 26.4 Å². The minimum atomic E-state index is -4.46. The Kier molecular flexibility index (Phi) is 7.80. The molecule has 2 N–H and O–H groups in total. The predicted octanol–water partition coefficient (Wildman–Crippen LogP) is 3.07. The molecule has 0 aliphatic carbocycles. The first-order valence-corrected chi connectivity index (χ1v) is 10.3. The van der Waals surface area contributed by atoms with Crippen LogP contribution in [0.3, 0.4) is 0 Å². The van der Waals surface area contributed by atoms with Gasteiger partial charge in [0.15, 0.2) is 0 Å². The van der Waals surface area contributed by atoms with E-state index in [-0.39, 0.29) is 12.1 Å². The lowest BCUT2D eigenvalue weighted by Gasteiger charge is -2.05. The number of carbonyl (C=O) groups is 1. The highest BCUT2D eigenvalue weighted by molar-refractivity contribution is 7.92. The molecule has 1 amide bonds. The lowest BCUT2D eigenvalue weighted by atomic mass is 10.1. The number of aryl methyl sites for hydroxylation is 1. The molecule has 0 aliphatic heterocycles. The molecule has 0 heterocycles. The standard InChI is InChI=1S/C21H19F3N2O3S/c1-16-7-9-17(10-8-16)11-13-30(28,29)26-15-20(27)25-12-3-5-18-4-2-6-19(14-18)21(22,23)24/h2,4,6-11,13-14,26H,12,15H2,1H3,(H,25,27)/b13-11+. The molecule has 5 nitrogen and oxygen atoms in total. The van der Waals surface area contributed by atoms with Crippen molar-refractivity contribution in [3.05, 3.63) is 76.2 Å². The van der Waals surface area contributed by atoms with Crippen LogP contribution in [-0.2, 0) is 21.0 Å². The average Bonchev–Trinajstić information content (AvgIpc) is 2.69. The van der Waals surface area contributed by atoms with Crippen molar-refractivity contribution in [2.75, 3.05) is 13.1 Å². The Morgan fingerprint density at radius 2 is 1.83 bits per heavy atom. The average molecular weight is 436 g/mol. The minimum absolute atomic E-state index is 0.143. The highest BCUT2D eigenvalue weighted by atomic mass is 32.2. The Labute approximate surface area is 173 Å². The summed E-state index contributed by atoms with van der Waals surface area (Å²) in [5.41, 5.74) is 1.08. The largest absolute Gasteiger partial charge is 0.416 e. The Morgan fingerprint density at radius 3 is 2.50 bits per heavy atom. The van der Waals surface area contributed by atoms with E-state index in [4.69, 9.17) is 0 Å². The number of halogens is 3. The van der Waals surface area contributed by atoms with Gasteiger partial charge in [-0.25, -0.2) is 13.1 Å². The second kappa shape index (κ2) is 10.1. The van der Waals surface area contributed by atoms with Crippen LogP contribution in [0.4, 0.5) is 13.2 Å². The van der Waals surface area contributed by atoms with E-state index in [0.717, 1.165) is 23.1 Å². The number of alkyl halides is 3. The third-order valence-electron chi connectivity index (χ3n) is 3.75. The topological polar surface area (TPSA) is 75.3 Å². The van der Waals surface area contributed by atoms with Gasteiger partial charge >= 0.3 is 6.18 Å². The van der Waals surface area contributed by atoms with Gasteiger partial charge in [0, 0.05) is 11.0 Å². The van der Waals surface area contributed by atoms with E-state index < -0.39 is 34.2 Å². The first kappa shape index (κ1) is 23.2. The summed E-state index contributed by atoms with van der Waals surface area (Å²) < 4.78 is 63.9. The van der Waals surface area contributed by atoms with Crippen LogP contribution in [0.25, 0.3) is 6.08 Å². The number of amides is 1. The SMILES string of the molecule is Cc1ccc(/C=C/S(=O)(=O)NCC(=O)NCC#Cc2cccc(C(F)(F)F)c2)cc1. The molecule has 2 aromatic carbocycles. The van der Waals surface area contributed by atoms with Gasteiger partial charge in [-0.05, 0) is 36.8 Å². The number of sulfonamides is 1. The Bertz CT molecular complexity index is 1080. The molecule has 2 rings (SSSR count). The molecule has 9 heteroatoms. The third kappa shape index (κ3) is 8.11. The second-order valence-electron chi connectivity index (χ2n) is 6.24. The van der Waals surface area contributed by atoms with Crippen LogP contribution < -0.4 is 10.0 Å². The van der Waals surface area contributed by atoms with Gasteiger partial charge in [0.2, 0.25) is 15.9 Å². The summed E-state index contributed by atoms with van der Waals surface area (Å²) in [6, 6.07) is 11.7. The first-order valence-electron chi connectivity index (χ1n) is 8.72. The van der Waals surface area contributed by atoms with Crippen LogP contribution in [0.5, 0.6) is 0 Å². The van der Waals surface area contributed by atoms with Gasteiger partial charge in [-0.2, -0.15) is 13.2 Å². The fourth-order valence-electron chi connectivity index (χ4n) is 2.18. The fourth-order valence-corrected chi connectivity index (χ4v) is 2.95. The molecule has 0 bridgehead atoms. The normalized spacial score (nSPS) is 11.7. The zero-order chi connectivity index (χ0) is 22.2. The van der Waals surface area contributed by atoms with E-state index in [9.17, 15) is 26.4 Å². The maximum absolute atomic E-state index is 12.6. The lowest BCUT2D eigenvalue weighted by Crippen LogP contribution is -2.36. The summed E-state index contributed by atoms with van der Waals surface area (Å²) in [5, 5.41) is 3.32. The molecule has 0 fully saturated rings. The number of nitrogens with one attached hydrogen (secondary N) is 2. The molecule has 0 atom stereocenters. The van der Waals surface area contributed by atoms with Crippen molar-refractivity contribution in [1.82, 2.24) is 10.0 Å². The number of benzene rings is 2. The molecule has 0 aliphatic rings. The minimum Gasteiger partial charge on any atom is -0.344 e. The van der Waals surface area contributed by atoms with Crippen LogP contribution in [0.15, 0.2) is 53.9 Å². The zero-order valence-electron chi connectivity index (χ0n) is 16.0. The van der Waals surface area contributed by atoms with Crippen LogP contribution in [0.1, 0.15) is 22.3 Å². The molecule has 0 radical (unpaired) electrons. The Hall–Kier alpha value is -3.09. The van der Waals surface area contributed by atoms with E-state index >= 15 is 0 Å². The van der Waals surface area contributed by atoms with Crippen molar-refractivity contribution in [2.45, 2.75) is 13.1 Å². The quantitative estimate of drug-likeness (QED) is 0.684. The van der Waals surface area contributed by atoms with Gasteiger partial charge in [-0.15, -0.1) is 0 Å². The summed E-state index contributed by atoms with van der Waals surface area (Å²) in [4.78, 5) is 11.7. The van der Waals surface area contributed by atoms with E-state index in [1.54, 1.807) is 12.1 Å². The number of hydrogen-bond donors (Lipinski definition) is 2. The van der Waals surface area contributed by atoms with Crippen molar-refractivity contribution in [3.63, 3.8) is 0 Å². The highest BCUT2D eigenvalue weighted by Gasteiger charge is 2.30. The molecule has 0 saturated carbocycles. The van der Waals surface area contributed by atoms with Gasteiger partial charge in [0.1, 0.15) is 0 Å². The Balaban J connectivity index is 1.81. The second-order valence-corrected chi connectivity index (χ2v) is 7.89. The number of hydrogen-bond acceptors (Lipinski definition) is 3. The molecule has 2 aromatic rings. The third-order valence-corrected chi connectivity index (χ3v) is 4.79.